The molecule has 2 fully saturated rings. The first-order valence-electron chi connectivity index (χ1n) is 9.07. The van der Waals surface area contributed by atoms with Crippen LogP contribution in [0.1, 0.15) is 25.7 Å². The molecule has 26 heavy (non-hydrogen) atoms. The summed E-state index contributed by atoms with van der Waals surface area (Å²) in [6.45, 7) is 6.51. The van der Waals surface area contributed by atoms with Crippen molar-refractivity contribution in [3.8, 4) is 0 Å². The number of piperidine rings is 1. The van der Waals surface area contributed by atoms with Crippen molar-refractivity contribution < 1.29 is 13.8 Å². The minimum absolute atomic E-state index is 0.0674. The SMILES string of the molecule is C=CC(=O)Nc1ccc(S(=O)N2CCC(C(=O)N3CCCC3)CC2)cc1. The number of likely N-dealkylation sites (tertiary alicyclic amines) is 1. The van der Waals surface area contributed by atoms with Crippen molar-refractivity contribution in [2.45, 2.75) is 30.6 Å². The van der Waals surface area contributed by atoms with E-state index in [0.717, 1.165) is 38.8 Å². The maximum atomic E-state index is 12.8. The molecule has 2 aliphatic heterocycles. The fraction of sp³-hybridized carbons (Fsp3) is 0.474. The van der Waals surface area contributed by atoms with Gasteiger partial charge in [-0.1, -0.05) is 6.58 Å². The Balaban J connectivity index is 1.53. The van der Waals surface area contributed by atoms with E-state index in [0.29, 0.717) is 23.7 Å². The second kappa shape index (κ2) is 8.60. The van der Waals surface area contributed by atoms with Crippen molar-refractivity contribution in [1.82, 2.24) is 9.21 Å². The van der Waals surface area contributed by atoms with Gasteiger partial charge in [0.1, 0.15) is 11.0 Å². The molecule has 1 N–H and O–H groups in total. The number of amides is 2. The molecular weight excluding hydrogens is 350 g/mol. The van der Waals surface area contributed by atoms with Crippen LogP contribution in [0.4, 0.5) is 5.69 Å². The van der Waals surface area contributed by atoms with Gasteiger partial charge in [0.2, 0.25) is 11.8 Å². The highest BCUT2D eigenvalue weighted by molar-refractivity contribution is 7.82. The predicted molar refractivity (Wildman–Crippen MR) is 102 cm³/mol. The molecule has 3 rings (SSSR count). The molecule has 2 aliphatic rings. The van der Waals surface area contributed by atoms with Crippen molar-refractivity contribution in [3.63, 3.8) is 0 Å². The second-order valence-electron chi connectivity index (χ2n) is 6.70. The normalized spacial score (nSPS) is 19.9. The molecule has 2 amide bonds. The van der Waals surface area contributed by atoms with Gasteiger partial charge >= 0.3 is 0 Å². The Bertz CT molecular complexity index is 690. The summed E-state index contributed by atoms with van der Waals surface area (Å²) in [6.07, 6.45) is 4.94. The smallest absolute Gasteiger partial charge is 0.247 e. The van der Waals surface area contributed by atoms with Crippen LogP contribution in [0.2, 0.25) is 0 Å². The molecule has 0 radical (unpaired) electrons. The Morgan fingerprint density at radius 3 is 2.27 bits per heavy atom. The Labute approximate surface area is 156 Å². The maximum Gasteiger partial charge on any atom is 0.247 e. The number of nitrogens with zero attached hydrogens (tertiary/aromatic N) is 2. The minimum Gasteiger partial charge on any atom is -0.342 e. The molecule has 0 aromatic heterocycles. The largest absolute Gasteiger partial charge is 0.342 e. The van der Waals surface area contributed by atoms with Crippen LogP contribution >= 0.6 is 0 Å². The van der Waals surface area contributed by atoms with E-state index in [-0.39, 0.29) is 17.7 Å². The molecule has 0 saturated carbocycles. The van der Waals surface area contributed by atoms with Gasteiger partial charge < -0.3 is 10.2 Å². The summed E-state index contributed by atoms with van der Waals surface area (Å²) in [6, 6.07) is 6.99. The lowest BCUT2D eigenvalue weighted by molar-refractivity contribution is -0.135. The Morgan fingerprint density at radius 1 is 1.08 bits per heavy atom. The lowest BCUT2D eigenvalue weighted by Gasteiger charge is -2.32. The third-order valence-corrected chi connectivity index (χ3v) is 6.47. The molecule has 7 heteroatoms. The van der Waals surface area contributed by atoms with Gasteiger partial charge in [0.05, 0.1) is 4.90 Å². The number of benzene rings is 1. The van der Waals surface area contributed by atoms with Gasteiger partial charge in [-0.05, 0) is 56.0 Å². The highest BCUT2D eigenvalue weighted by Gasteiger charge is 2.31. The Morgan fingerprint density at radius 2 is 1.69 bits per heavy atom. The topological polar surface area (TPSA) is 69.7 Å². The number of hydrogen-bond donors (Lipinski definition) is 1. The number of rotatable bonds is 5. The highest BCUT2D eigenvalue weighted by Crippen LogP contribution is 2.25. The number of hydrogen-bond acceptors (Lipinski definition) is 3. The molecule has 2 heterocycles. The van der Waals surface area contributed by atoms with Crippen LogP contribution in [-0.4, -0.2) is 51.4 Å². The second-order valence-corrected chi connectivity index (χ2v) is 8.19. The summed E-state index contributed by atoms with van der Waals surface area (Å²) >= 11 is 0. The first-order valence-corrected chi connectivity index (χ1v) is 10.2. The van der Waals surface area contributed by atoms with Crippen LogP contribution in [0.5, 0.6) is 0 Å². The summed E-state index contributed by atoms with van der Waals surface area (Å²) in [5.74, 6) is 0.0664. The van der Waals surface area contributed by atoms with Gasteiger partial charge in [-0.3, -0.25) is 9.59 Å². The molecule has 6 nitrogen and oxygen atoms in total. The van der Waals surface area contributed by atoms with Crippen LogP contribution in [-0.2, 0) is 20.6 Å². The summed E-state index contributed by atoms with van der Waals surface area (Å²) in [7, 11) is -1.25. The van der Waals surface area contributed by atoms with E-state index < -0.39 is 11.0 Å². The van der Waals surface area contributed by atoms with Crippen LogP contribution in [0.15, 0.2) is 41.8 Å². The van der Waals surface area contributed by atoms with Gasteiger partial charge in [-0.15, -0.1) is 0 Å². The predicted octanol–water partition coefficient (Wildman–Crippen LogP) is 2.17. The fourth-order valence-electron chi connectivity index (χ4n) is 3.46. The Hall–Kier alpha value is -1.99. The van der Waals surface area contributed by atoms with Gasteiger partial charge in [0, 0.05) is 37.8 Å². The van der Waals surface area contributed by atoms with Crippen LogP contribution in [0.3, 0.4) is 0 Å². The van der Waals surface area contributed by atoms with Crippen molar-refractivity contribution in [1.29, 1.82) is 0 Å². The van der Waals surface area contributed by atoms with Crippen molar-refractivity contribution in [3.05, 3.63) is 36.9 Å². The average molecular weight is 375 g/mol. The van der Waals surface area contributed by atoms with E-state index in [9.17, 15) is 13.8 Å². The molecule has 2 saturated heterocycles. The quantitative estimate of drug-likeness (QED) is 0.802. The van der Waals surface area contributed by atoms with Gasteiger partial charge in [-0.25, -0.2) is 8.51 Å². The molecule has 0 bridgehead atoms. The molecule has 0 aliphatic carbocycles. The summed E-state index contributed by atoms with van der Waals surface area (Å²) in [5.41, 5.74) is 0.644. The summed E-state index contributed by atoms with van der Waals surface area (Å²) < 4.78 is 14.7. The minimum atomic E-state index is -1.25. The van der Waals surface area contributed by atoms with E-state index in [4.69, 9.17) is 0 Å². The van der Waals surface area contributed by atoms with Gasteiger partial charge in [0.25, 0.3) is 0 Å². The zero-order valence-electron chi connectivity index (χ0n) is 14.9. The molecule has 140 valence electrons. The van der Waals surface area contributed by atoms with Gasteiger partial charge in [-0.2, -0.15) is 0 Å². The first kappa shape index (κ1) is 18.8. The van der Waals surface area contributed by atoms with Crippen LogP contribution in [0, 0.1) is 5.92 Å². The molecule has 1 aromatic rings. The third kappa shape index (κ3) is 4.40. The van der Waals surface area contributed by atoms with E-state index >= 15 is 0 Å². The molecule has 1 unspecified atom stereocenters. The molecule has 1 atom stereocenters. The lowest BCUT2D eigenvalue weighted by atomic mass is 9.97. The molecule has 0 spiro atoms. The maximum absolute atomic E-state index is 12.8. The van der Waals surface area contributed by atoms with E-state index in [1.54, 1.807) is 24.3 Å². The zero-order valence-corrected chi connectivity index (χ0v) is 15.7. The number of anilines is 1. The summed E-state index contributed by atoms with van der Waals surface area (Å²) in [4.78, 5) is 26.5. The molecular formula is C19H25N3O3S. The number of carbonyl (C=O) groups excluding carboxylic acids is 2. The van der Waals surface area contributed by atoms with E-state index in [1.807, 2.05) is 9.21 Å². The molecule has 1 aromatic carbocycles. The van der Waals surface area contributed by atoms with Crippen molar-refractivity contribution in [2.24, 2.45) is 5.92 Å². The summed E-state index contributed by atoms with van der Waals surface area (Å²) in [5, 5.41) is 2.67. The first-order chi connectivity index (χ1) is 12.6. The Kier molecular flexibility index (Phi) is 6.21. The van der Waals surface area contributed by atoms with E-state index in [2.05, 4.69) is 11.9 Å². The van der Waals surface area contributed by atoms with Gasteiger partial charge in [0.15, 0.2) is 0 Å². The number of nitrogens with one attached hydrogen (secondary N) is 1. The number of carbonyl (C=O) groups is 2. The van der Waals surface area contributed by atoms with Crippen LogP contribution < -0.4 is 5.32 Å². The lowest BCUT2D eigenvalue weighted by Crippen LogP contribution is -2.42. The third-order valence-electron chi connectivity index (χ3n) is 4.96. The average Bonchev–Trinajstić information content (AvgIpc) is 3.22. The highest BCUT2D eigenvalue weighted by atomic mass is 32.2. The zero-order chi connectivity index (χ0) is 18.5. The van der Waals surface area contributed by atoms with Crippen molar-refractivity contribution >= 4 is 28.5 Å². The van der Waals surface area contributed by atoms with E-state index in [1.165, 1.54) is 6.08 Å². The van der Waals surface area contributed by atoms with Crippen molar-refractivity contribution in [2.75, 3.05) is 31.5 Å². The van der Waals surface area contributed by atoms with Crippen LogP contribution in [0.25, 0.3) is 0 Å². The fourth-order valence-corrected chi connectivity index (χ4v) is 4.67. The standard InChI is InChI=1S/C19H25N3O3S/c1-2-18(23)20-16-5-7-17(8-6-16)26(25)22-13-9-15(10-14-22)19(24)21-11-3-4-12-21/h2,5-8,15H,1,3-4,9-14H2,(H,20,23). The monoisotopic (exact) mass is 375 g/mol.